The van der Waals surface area contributed by atoms with Crippen molar-refractivity contribution >= 4 is 10.9 Å². The second kappa shape index (κ2) is 6.68. The van der Waals surface area contributed by atoms with Crippen molar-refractivity contribution in [3.8, 4) is 22.6 Å². The van der Waals surface area contributed by atoms with Crippen LogP contribution in [0.25, 0.3) is 33.5 Å². The predicted molar refractivity (Wildman–Crippen MR) is 101 cm³/mol. The summed E-state index contributed by atoms with van der Waals surface area (Å²) in [5.41, 5.74) is 10.3. The van der Waals surface area contributed by atoms with Gasteiger partial charge in [0.2, 0.25) is 0 Å². The fourth-order valence-electron chi connectivity index (χ4n) is 3.01. The molecule has 3 aromatic heterocycles. The maximum Gasteiger partial charge on any atom is 0.181 e. The molecule has 0 aliphatic carbocycles. The Labute approximate surface area is 151 Å². The first-order valence-electron chi connectivity index (χ1n) is 8.69. The molecule has 4 rings (SSSR count). The average molecular weight is 347 g/mol. The summed E-state index contributed by atoms with van der Waals surface area (Å²) in [6.07, 6.45) is 2.64. The first-order valence-corrected chi connectivity index (χ1v) is 8.69. The maximum atomic E-state index is 5.71. The highest BCUT2D eigenvalue weighted by molar-refractivity contribution is 5.95. The molecular formula is C19H21N7. The lowest BCUT2D eigenvalue weighted by Gasteiger charge is -2.02. The molecule has 0 fully saturated rings. The summed E-state index contributed by atoms with van der Waals surface area (Å²) in [6.45, 7) is 4.73. The lowest BCUT2D eigenvalue weighted by Crippen LogP contribution is -1.99. The van der Waals surface area contributed by atoms with Gasteiger partial charge in [0.1, 0.15) is 11.5 Å². The number of hydrogen-bond acceptors (Lipinski definition) is 5. The van der Waals surface area contributed by atoms with Crippen LogP contribution >= 0.6 is 0 Å². The van der Waals surface area contributed by atoms with Crippen LogP contribution in [0.15, 0.2) is 36.5 Å². The Morgan fingerprint density at radius 3 is 2.73 bits per heavy atom. The minimum absolute atomic E-state index is 0.400. The van der Waals surface area contributed by atoms with Crippen molar-refractivity contribution in [3.63, 3.8) is 0 Å². The van der Waals surface area contributed by atoms with E-state index in [4.69, 9.17) is 5.73 Å². The second-order valence-corrected chi connectivity index (χ2v) is 6.78. The Morgan fingerprint density at radius 1 is 1.04 bits per heavy atom. The number of H-pyrrole nitrogens is 2. The van der Waals surface area contributed by atoms with Gasteiger partial charge in [-0.25, -0.2) is 4.98 Å². The van der Waals surface area contributed by atoms with Gasteiger partial charge in [-0.05, 0) is 36.2 Å². The van der Waals surface area contributed by atoms with Gasteiger partial charge in [0.05, 0.1) is 11.2 Å². The first kappa shape index (κ1) is 16.4. The van der Waals surface area contributed by atoms with Gasteiger partial charge in [-0.15, -0.1) is 0 Å². The normalized spacial score (nSPS) is 11.5. The van der Waals surface area contributed by atoms with E-state index in [0.29, 0.717) is 18.3 Å². The first-order chi connectivity index (χ1) is 12.6. The van der Waals surface area contributed by atoms with Crippen LogP contribution in [-0.4, -0.2) is 30.4 Å². The van der Waals surface area contributed by atoms with E-state index in [-0.39, 0.29) is 0 Å². The smallest absolute Gasteiger partial charge is 0.181 e. The van der Waals surface area contributed by atoms with Crippen molar-refractivity contribution in [2.24, 2.45) is 11.7 Å². The summed E-state index contributed by atoms with van der Waals surface area (Å²) in [5, 5.41) is 16.0. The van der Waals surface area contributed by atoms with E-state index in [2.05, 4.69) is 50.3 Å². The molecule has 132 valence electrons. The number of nitrogens with zero attached hydrogens (tertiary/aromatic N) is 4. The molecule has 0 unspecified atom stereocenters. The number of fused-ring (bicyclic) bond motifs is 1. The van der Waals surface area contributed by atoms with Crippen molar-refractivity contribution in [2.45, 2.75) is 26.8 Å². The van der Waals surface area contributed by atoms with Gasteiger partial charge >= 0.3 is 0 Å². The number of aromatic amines is 2. The molecule has 4 aromatic rings. The van der Waals surface area contributed by atoms with E-state index in [0.717, 1.165) is 45.7 Å². The van der Waals surface area contributed by atoms with Crippen LogP contribution in [0.5, 0.6) is 0 Å². The SMILES string of the molecule is CC(C)Cc1nc(-c2ccc3[nH]nc(-c4ccnc(CN)c4)c3c2)n[nH]1. The molecule has 0 bridgehead atoms. The van der Waals surface area contributed by atoms with Crippen molar-refractivity contribution in [2.75, 3.05) is 0 Å². The Morgan fingerprint density at radius 2 is 1.92 bits per heavy atom. The van der Waals surface area contributed by atoms with Crippen molar-refractivity contribution in [1.29, 1.82) is 0 Å². The minimum atomic E-state index is 0.400. The Hall–Kier alpha value is -3.06. The van der Waals surface area contributed by atoms with Gasteiger partial charge in [-0.2, -0.15) is 10.2 Å². The highest BCUT2D eigenvalue weighted by atomic mass is 15.2. The molecule has 0 aliphatic rings. The van der Waals surface area contributed by atoms with Crippen molar-refractivity contribution in [1.82, 2.24) is 30.4 Å². The van der Waals surface area contributed by atoms with E-state index < -0.39 is 0 Å². The van der Waals surface area contributed by atoms with E-state index in [9.17, 15) is 0 Å². The molecular weight excluding hydrogens is 326 g/mol. The molecule has 0 spiro atoms. The fraction of sp³-hybridized carbons (Fsp3) is 0.263. The number of nitrogens with one attached hydrogen (secondary N) is 2. The number of pyridine rings is 1. The third-order valence-electron chi connectivity index (χ3n) is 4.25. The molecule has 26 heavy (non-hydrogen) atoms. The summed E-state index contributed by atoms with van der Waals surface area (Å²) in [4.78, 5) is 8.87. The zero-order chi connectivity index (χ0) is 18.1. The summed E-state index contributed by atoms with van der Waals surface area (Å²) in [6, 6.07) is 9.99. The highest BCUT2D eigenvalue weighted by Crippen LogP contribution is 2.29. The largest absolute Gasteiger partial charge is 0.325 e. The fourth-order valence-corrected chi connectivity index (χ4v) is 3.01. The summed E-state index contributed by atoms with van der Waals surface area (Å²) in [7, 11) is 0. The zero-order valence-corrected chi connectivity index (χ0v) is 14.8. The molecule has 0 radical (unpaired) electrons. The number of nitrogens with two attached hydrogens (primary N) is 1. The quantitative estimate of drug-likeness (QED) is 0.514. The van der Waals surface area contributed by atoms with Crippen LogP contribution in [0.4, 0.5) is 0 Å². The lowest BCUT2D eigenvalue weighted by molar-refractivity contribution is 0.622. The van der Waals surface area contributed by atoms with Gasteiger partial charge in [-0.1, -0.05) is 13.8 Å². The highest BCUT2D eigenvalue weighted by Gasteiger charge is 2.13. The maximum absolute atomic E-state index is 5.71. The topological polar surface area (TPSA) is 109 Å². The zero-order valence-electron chi connectivity index (χ0n) is 14.8. The predicted octanol–water partition coefficient (Wildman–Crippen LogP) is 3.07. The number of rotatable bonds is 5. The molecule has 0 saturated carbocycles. The summed E-state index contributed by atoms with van der Waals surface area (Å²) >= 11 is 0. The van der Waals surface area contributed by atoms with Crippen molar-refractivity contribution < 1.29 is 0 Å². The molecule has 7 nitrogen and oxygen atoms in total. The van der Waals surface area contributed by atoms with E-state index >= 15 is 0 Å². The molecule has 3 heterocycles. The van der Waals surface area contributed by atoms with Crippen LogP contribution in [0, 0.1) is 5.92 Å². The molecule has 0 atom stereocenters. The van der Waals surface area contributed by atoms with Gasteiger partial charge in [0.25, 0.3) is 0 Å². The molecule has 1 aromatic carbocycles. The second-order valence-electron chi connectivity index (χ2n) is 6.78. The third kappa shape index (κ3) is 3.09. The van der Waals surface area contributed by atoms with E-state index in [1.165, 1.54) is 0 Å². The van der Waals surface area contributed by atoms with Crippen LogP contribution in [0.3, 0.4) is 0 Å². The van der Waals surface area contributed by atoms with E-state index in [1.54, 1.807) is 6.20 Å². The third-order valence-corrected chi connectivity index (χ3v) is 4.25. The molecule has 0 aliphatic heterocycles. The number of benzene rings is 1. The Bertz CT molecular complexity index is 1040. The van der Waals surface area contributed by atoms with Crippen LogP contribution in [0.2, 0.25) is 0 Å². The van der Waals surface area contributed by atoms with Crippen molar-refractivity contribution in [3.05, 3.63) is 48.0 Å². The van der Waals surface area contributed by atoms with Crippen LogP contribution < -0.4 is 5.73 Å². The Balaban J connectivity index is 1.76. The van der Waals surface area contributed by atoms with Gasteiger partial charge in [0.15, 0.2) is 5.82 Å². The molecule has 4 N–H and O–H groups in total. The van der Waals surface area contributed by atoms with Crippen LogP contribution in [0.1, 0.15) is 25.4 Å². The lowest BCUT2D eigenvalue weighted by atomic mass is 10.1. The number of aromatic nitrogens is 6. The Kier molecular flexibility index (Phi) is 4.22. The summed E-state index contributed by atoms with van der Waals surface area (Å²) in [5.74, 6) is 2.14. The molecule has 0 amide bonds. The van der Waals surface area contributed by atoms with Crippen LogP contribution in [-0.2, 0) is 13.0 Å². The van der Waals surface area contributed by atoms with Gasteiger partial charge < -0.3 is 5.73 Å². The monoisotopic (exact) mass is 347 g/mol. The molecule has 0 saturated heterocycles. The average Bonchev–Trinajstić information content (AvgIpc) is 3.27. The molecule has 7 heteroatoms. The number of hydrogen-bond donors (Lipinski definition) is 3. The van der Waals surface area contributed by atoms with E-state index in [1.807, 2.05) is 24.3 Å². The summed E-state index contributed by atoms with van der Waals surface area (Å²) < 4.78 is 0. The van der Waals surface area contributed by atoms with Gasteiger partial charge in [0, 0.05) is 35.7 Å². The van der Waals surface area contributed by atoms with Gasteiger partial charge in [-0.3, -0.25) is 15.2 Å². The standard InChI is InChI=1S/C19H21N7/c1-11(2)7-17-22-19(26-24-17)13-3-4-16-15(9-13)18(25-23-16)12-5-6-21-14(8-12)10-20/h3-6,8-9,11H,7,10,20H2,1-2H3,(H,23,25)(H,22,24,26). The minimum Gasteiger partial charge on any atom is -0.325 e.